The molecule has 0 aromatic rings. The molecule has 4 unspecified atom stereocenters. The van der Waals surface area contributed by atoms with Gasteiger partial charge in [0.2, 0.25) is 0 Å². The maximum atomic E-state index is 11.2. The monoisotopic (exact) mass is 264 g/mol. The minimum atomic E-state index is -0.385. The highest BCUT2D eigenvalue weighted by molar-refractivity contribution is 5.81. The number of hydrogen-bond donors (Lipinski definition) is 0. The Morgan fingerprint density at radius 3 is 1.74 bits per heavy atom. The summed E-state index contributed by atoms with van der Waals surface area (Å²) in [5.74, 6) is 1.03. The first-order chi connectivity index (χ1) is 9.15. The highest BCUT2D eigenvalue weighted by Crippen LogP contribution is 2.52. The van der Waals surface area contributed by atoms with Crippen LogP contribution in [0, 0.1) is 23.7 Å². The zero-order valence-electron chi connectivity index (χ0n) is 11.0. The molecule has 0 amide bonds. The van der Waals surface area contributed by atoms with E-state index < -0.39 is 0 Å². The fourth-order valence-corrected chi connectivity index (χ4v) is 3.52. The molecule has 104 valence electrons. The van der Waals surface area contributed by atoms with Gasteiger partial charge in [-0.3, -0.25) is 0 Å². The van der Waals surface area contributed by atoms with Gasteiger partial charge in [0.25, 0.3) is 0 Å². The number of fused-ring (bicyclic) bond motifs is 2. The zero-order valence-corrected chi connectivity index (χ0v) is 11.0. The molecule has 2 fully saturated rings. The van der Waals surface area contributed by atoms with Gasteiger partial charge in [-0.05, 0) is 31.1 Å². The van der Waals surface area contributed by atoms with Gasteiger partial charge in [0.15, 0.2) is 0 Å². The third-order valence-electron chi connectivity index (χ3n) is 4.44. The summed E-state index contributed by atoms with van der Waals surface area (Å²) in [6.45, 7) is 7.59. The lowest BCUT2D eigenvalue weighted by Gasteiger charge is -2.30. The van der Waals surface area contributed by atoms with Gasteiger partial charge in [0.05, 0.1) is 13.2 Å². The first-order valence-electron chi connectivity index (χ1n) is 6.74. The predicted octanol–water partition coefficient (Wildman–Crippen LogP) is 2.11. The van der Waals surface area contributed by atoms with Crippen LogP contribution in [0.4, 0.5) is 0 Å². The SMILES string of the molecule is C=CC(=O)OCC1C2CCC(C2)C1COC(=O)C=C. The van der Waals surface area contributed by atoms with Gasteiger partial charge >= 0.3 is 11.9 Å². The first kappa shape index (κ1) is 13.8. The molecule has 0 spiro atoms. The van der Waals surface area contributed by atoms with Crippen LogP contribution in [0.1, 0.15) is 19.3 Å². The van der Waals surface area contributed by atoms with Crippen LogP contribution in [0.3, 0.4) is 0 Å². The Morgan fingerprint density at radius 2 is 1.37 bits per heavy atom. The minimum absolute atomic E-state index is 0.306. The van der Waals surface area contributed by atoms with E-state index in [4.69, 9.17) is 9.47 Å². The number of hydrogen-bond acceptors (Lipinski definition) is 4. The van der Waals surface area contributed by atoms with Gasteiger partial charge in [0.1, 0.15) is 0 Å². The second-order valence-corrected chi connectivity index (χ2v) is 5.33. The number of carbonyl (C=O) groups is 2. The third-order valence-corrected chi connectivity index (χ3v) is 4.44. The van der Waals surface area contributed by atoms with E-state index in [1.165, 1.54) is 25.0 Å². The first-order valence-corrected chi connectivity index (χ1v) is 6.74. The lowest BCUT2D eigenvalue weighted by Crippen LogP contribution is -2.31. The molecule has 0 radical (unpaired) electrons. The van der Waals surface area contributed by atoms with Crippen LogP contribution in [-0.2, 0) is 19.1 Å². The number of carbonyl (C=O) groups excluding carboxylic acids is 2. The summed E-state index contributed by atoms with van der Waals surface area (Å²) in [5.41, 5.74) is 0. The van der Waals surface area contributed by atoms with E-state index in [-0.39, 0.29) is 11.9 Å². The molecular weight excluding hydrogens is 244 g/mol. The second kappa shape index (κ2) is 6.04. The van der Waals surface area contributed by atoms with Gasteiger partial charge in [-0.25, -0.2) is 9.59 Å². The average Bonchev–Trinajstić information content (AvgIpc) is 3.02. The average molecular weight is 264 g/mol. The lowest BCUT2D eigenvalue weighted by molar-refractivity contribution is -0.144. The van der Waals surface area contributed by atoms with Crippen LogP contribution in [0.2, 0.25) is 0 Å². The van der Waals surface area contributed by atoms with Crippen LogP contribution in [-0.4, -0.2) is 25.2 Å². The van der Waals surface area contributed by atoms with Crippen molar-refractivity contribution in [1.82, 2.24) is 0 Å². The van der Waals surface area contributed by atoms with Crippen molar-refractivity contribution in [2.24, 2.45) is 23.7 Å². The largest absolute Gasteiger partial charge is 0.462 e. The Hall–Kier alpha value is -1.58. The smallest absolute Gasteiger partial charge is 0.330 e. The minimum Gasteiger partial charge on any atom is -0.462 e. The van der Waals surface area contributed by atoms with Gasteiger partial charge in [-0.1, -0.05) is 13.2 Å². The van der Waals surface area contributed by atoms with E-state index in [2.05, 4.69) is 13.2 Å². The van der Waals surface area contributed by atoms with Crippen molar-refractivity contribution in [2.75, 3.05) is 13.2 Å². The molecule has 0 aliphatic heterocycles. The summed E-state index contributed by atoms with van der Waals surface area (Å²) < 4.78 is 10.3. The second-order valence-electron chi connectivity index (χ2n) is 5.33. The van der Waals surface area contributed by atoms with E-state index in [0.29, 0.717) is 36.9 Å². The molecule has 2 rings (SSSR count). The number of rotatable bonds is 6. The van der Waals surface area contributed by atoms with Gasteiger partial charge in [0, 0.05) is 24.0 Å². The van der Waals surface area contributed by atoms with E-state index in [9.17, 15) is 9.59 Å². The quantitative estimate of drug-likeness (QED) is 0.544. The molecule has 4 heteroatoms. The molecule has 2 aliphatic carbocycles. The summed E-state index contributed by atoms with van der Waals surface area (Å²) in [6, 6.07) is 0. The van der Waals surface area contributed by atoms with Gasteiger partial charge < -0.3 is 9.47 Å². The maximum absolute atomic E-state index is 11.2. The molecule has 4 nitrogen and oxygen atoms in total. The molecule has 2 aliphatic rings. The molecule has 0 heterocycles. The molecule has 0 aromatic carbocycles. The fourth-order valence-electron chi connectivity index (χ4n) is 3.52. The van der Waals surface area contributed by atoms with Crippen molar-refractivity contribution in [3.05, 3.63) is 25.3 Å². The van der Waals surface area contributed by atoms with Crippen molar-refractivity contribution < 1.29 is 19.1 Å². The number of ether oxygens (including phenoxy) is 2. The third kappa shape index (κ3) is 3.06. The van der Waals surface area contributed by atoms with Crippen LogP contribution < -0.4 is 0 Å². The molecule has 4 atom stereocenters. The topological polar surface area (TPSA) is 52.6 Å². The van der Waals surface area contributed by atoms with Gasteiger partial charge in [-0.2, -0.15) is 0 Å². The van der Waals surface area contributed by atoms with Crippen molar-refractivity contribution in [3.8, 4) is 0 Å². The summed E-state index contributed by atoms with van der Waals surface area (Å²) in [5, 5.41) is 0. The fraction of sp³-hybridized carbons (Fsp3) is 0.600. The molecule has 19 heavy (non-hydrogen) atoms. The maximum Gasteiger partial charge on any atom is 0.330 e. The summed E-state index contributed by atoms with van der Waals surface area (Å²) >= 11 is 0. The van der Waals surface area contributed by atoms with Gasteiger partial charge in [-0.15, -0.1) is 0 Å². The molecule has 2 saturated carbocycles. The highest BCUT2D eigenvalue weighted by atomic mass is 16.5. The molecule has 0 saturated heterocycles. The molecule has 2 bridgehead atoms. The highest BCUT2D eigenvalue weighted by Gasteiger charge is 2.48. The van der Waals surface area contributed by atoms with Crippen molar-refractivity contribution >= 4 is 11.9 Å². The summed E-state index contributed by atoms with van der Waals surface area (Å²) in [6.07, 6.45) is 5.90. The van der Waals surface area contributed by atoms with Crippen LogP contribution >= 0.6 is 0 Å². The molecular formula is C15H20O4. The summed E-state index contributed by atoms with van der Waals surface area (Å²) in [4.78, 5) is 22.3. The summed E-state index contributed by atoms with van der Waals surface area (Å²) in [7, 11) is 0. The Balaban J connectivity index is 1.90. The van der Waals surface area contributed by atoms with Crippen molar-refractivity contribution in [1.29, 1.82) is 0 Å². The Labute approximate surface area is 113 Å². The number of esters is 2. The Kier molecular flexibility index (Phi) is 4.40. The van der Waals surface area contributed by atoms with Crippen LogP contribution in [0.5, 0.6) is 0 Å². The molecule has 0 aromatic heterocycles. The standard InChI is InChI=1S/C15H20O4/c1-3-14(16)18-8-12-10-5-6-11(7-10)13(12)9-19-15(17)4-2/h3-4,10-13H,1-2,5-9H2. The normalized spacial score (nSPS) is 31.8. The Morgan fingerprint density at radius 1 is 0.947 bits per heavy atom. The van der Waals surface area contributed by atoms with E-state index >= 15 is 0 Å². The van der Waals surface area contributed by atoms with E-state index in [1.54, 1.807) is 0 Å². The zero-order chi connectivity index (χ0) is 13.8. The van der Waals surface area contributed by atoms with E-state index in [0.717, 1.165) is 6.42 Å². The van der Waals surface area contributed by atoms with Crippen molar-refractivity contribution in [3.63, 3.8) is 0 Å². The molecule has 0 N–H and O–H groups in total. The van der Waals surface area contributed by atoms with Crippen LogP contribution in [0.25, 0.3) is 0 Å². The lowest BCUT2D eigenvalue weighted by atomic mass is 9.80. The van der Waals surface area contributed by atoms with E-state index in [1.807, 2.05) is 0 Å². The van der Waals surface area contributed by atoms with Crippen molar-refractivity contribution in [2.45, 2.75) is 19.3 Å². The predicted molar refractivity (Wildman–Crippen MR) is 70.1 cm³/mol. The Bertz CT molecular complexity index is 352. The van der Waals surface area contributed by atoms with Crippen LogP contribution in [0.15, 0.2) is 25.3 Å².